The lowest BCUT2D eigenvalue weighted by Crippen LogP contribution is -2.30. The lowest BCUT2D eigenvalue weighted by Gasteiger charge is -2.13. The summed E-state index contributed by atoms with van der Waals surface area (Å²) >= 11 is 0. The van der Waals surface area contributed by atoms with Crippen molar-refractivity contribution in [2.75, 3.05) is 19.8 Å². The van der Waals surface area contributed by atoms with Gasteiger partial charge in [0.25, 0.3) is 0 Å². The van der Waals surface area contributed by atoms with E-state index < -0.39 is 6.10 Å². The number of aliphatic hydroxyl groups is 1. The van der Waals surface area contributed by atoms with Crippen LogP contribution in [0.25, 0.3) is 0 Å². The standard InChI is InChI=1S/C13H23NO3/c1-10(2)8-16-9-12(15)6-14-7-13-11(3)4-5-17-13/h4-5,10,12,14-15H,6-9H2,1-3H3. The van der Waals surface area contributed by atoms with Crippen molar-refractivity contribution >= 4 is 0 Å². The third-order valence-corrected chi connectivity index (χ3v) is 2.40. The predicted octanol–water partition coefficient (Wildman–Crippen LogP) is 1.71. The average Bonchev–Trinajstić information content (AvgIpc) is 2.64. The van der Waals surface area contributed by atoms with Crippen molar-refractivity contribution in [3.63, 3.8) is 0 Å². The number of furan rings is 1. The molecule has 4 heteroatoms. The van der Waals surface area contributed by atoms with Crippen LogP contribution in [-0.2, 0) is 11.3 Å². The highest BCUT2D eigenvalue weighted by Crippen LogP contribution is 2.07. The molecule has 1 atom stereocenters. The molecule has 0 aliphatic carbocycles. The topological polar surface area (TPSA) is 54.6 Å². The van der Waals surface area contributed by atoms with E-state index in [-0.39, 0.29) is 0 Å². The van der Waals surface area contributed by atoms with Crippen LogP contribution in [0.2, 0.25) is 0 Å². The zero-order chi connectivity index (χ0) is 12.7. The molecule has 0 spiro atoms. The van der Waals surface area contributed by atoms with Gasteiger partial charge in [-0.2, -0.15) is 0 Å². The summed E-state index contributed by atoms with van der Waals surface area (Å²) in [5.74, 6) is 1.42. The molecular formula is C13H23NO3. The van der Waals surface area contributed by atoms with Gasteiger partial charge in [0, 0.05) is 13.2 Å². The molecular weight excluding hydrogens is 218 g/mol. The largest absolute Gasteiger partial charge is 0.468 e. The summed E-state index contributed by atoms with van der Waals surface area (Å²) in [6.45, 7) is 8.40. The molecule has 17 heavy (non-hydrogen) atoms. The van der Waals surface area contributed by atoms with Crippen molar-refractivity contribution in [1.29, 1.82) is 0 Å². The number of aliphatic hydroxyl groups excluding tert-OH is 1. The zero-order valence-electron chi connectivity index (χ0n) is 10.9. The zero-order valence-corrected chi connectivity index (χ0v) is 10.9. The van der Waals surface area contributed by atoms with Gasteiger partial charge < -0.3 is 19.6 Å². The fourth-order valence-corrected chi connectivity index (χ4v) is 1.44. The SMILES string of the molecule is Cc1ccoc1CNCC(O)COCC(C)C. The number of aryl methyl sites for hydroxylation is 1. The molecule has 0 bridgehead atoms. The quantitative estimate of drug-likeness (QED) is 0.727. The minimum atomic E-state index is -0.469. The molecule has 0 aliphatic rings. The highest BCUT2D eigenvalue weighted by atomic mass is 16.5. The summed E-state index contributed by atoms with van der Waals surface area (Å²) in [7, 11) is 0. The summed E-state index contributed by atoms with van der Waals surface area (Å²) in [6, 6.07) is 1.93. The third kappa shape index (κ3) is 5.86. The Labute approximate surface area is 103 Å². The lowest BCUT2D eigenvalue weighted by molar-refractivity contribution is 0.0259. The minimum Gasteiger partial charge on any atom is -0.468 e. The van der Waals surface area contributed by atoms with Crippen molar-refractivity contribution in [1.82, 2.24) is 5.32 Å². The highest BCUT2D eigenvalue weighted by Gasteiger charge is 2.06. The van der Waals surface area contributed by atoms with Crippen LogP contribution in [0, 0.1) is 12.8 Å². The second-order valence-electron chi connectivity index (χ2n) is 4.74. The molecule has 0 aliphatic heterocycles. The van der Waals surface area contributed by atoms with Gasteiger partial charge in [-0.15, -0.1) is 0 Å². The molecule has 98 valence electrons. The molecule has 1 unspecified atom stereocenters. The molecule has 0 saturated heterocycles. The van der Waals surface area contributed by atoms with Crippen LogP contribution >= 0.6 is 0 Å². The summed E-state index contributed by atoms with van der Waals surface area (Å²) in [6.07, 6.45) is 1.21. The monoisotopic (exact) mass is 241 g/mol. The summed E-state index contributed by atoms with van der Waals surface area (Å²) in [5, 5.41) is 12.8. The number of hydrogen-bond acceptors (Lipinski definition) is 4. The Balaban J connectivity index is 2.08. The molecule has 4 nitrogen and oxygen atoms in total. The highest BCUT2D eigenvalue weighted by molar-refractivity contribution is 5.13. The van der Waals surface area contributed by atoms with E-state index in [0.717, 1.165) is 11.3 Å². The third-order valence-electron chi connectivity index (χ3n) is 2.40. The normalized spacial score (nSPS) is 13.2. The maximum absolute atomic E-state index is 9.64. The first-order chi connectivity index (χ1) is 8.09. The van der Waals surface area contributed by atoms with Crippen LogP contribution < -0.4 is 5.32 Å². The molecule has 0 radical (unpaired) electrons. The van der Waals surface area contributed by atoms with E-state index in [1.54, 1.807) is 6.26 Å². The van der Waals surface area contributed by atoms with Crippen molar-refractivity contribution in [3.8, 4) is 0 Å². The predicted molar refractivity (Wildman–Crippen MR) is 66.8 cm³/mol. The van der Waals surface area contributed by atoms with Gasteiger partial charge in [0.05, 0.1) is 25.5 Å². The smallest absolute Gasteiger partial charge is 0.120 e. The van der Waals surface area contributed by atoms with E-state index in [0.29, 0.717) is 32.2 Å². The second-order valence-corrected chi connectivity index (χ2v) is 4.74. The molecule has 0 fully saturated rings. The summed E-state index contributed by atoms with van der Waals surface area (Å²) < 4.78 is 10.6. The van der Waals surface area contributed by atoms with Crippen LogP contribution in [0.3, 0.4) is 0 Å². The average molecular weight is 241 g/mol. The minimum absolute atomic E-state index is 0.377. The maximum atomic E-state index is 9.64. The van der Waals surface area contributed by atoms with Crippen LogP contribution in [0.4, 0.5) is 0 Å². The molecule has 0 aromatic carbocycles. The van der Waals surface area contributed by atoms with Gasteiger partial charge in [-0.3, -0.25) is 0 Å². The number of rotatable bonds is 8. The Bertz CT molecular complexity index is 309. The Morgan fingerprint density at radius 2 is 2.18 bits per heavy atom. The molecule has 1 aromatic heterocycles. The number of hydrogen-bond donors (Lipinski definition) is 2. The van der Waals surface area contributed by atoms with E-state index in [1.165, 1.54) is 0 Å². The molecule has 0 saturated carbocycles. The first kappa shape index (κ1) is 14.2. The lowest BCUT2D eigenvalue weighted by atomic mass is 10.2. The Morgan fingerprint density at radius 1 is 1.41 bits per heavy atom. The van der Waals surface area contributed by atoms with Gasteiger partial charge >= 0.3 is 0 Å². The summed E-state index contributed by atoms with van der Waals surface area (Å²) in [4.78, 5) is 0. The summed E-state index contributed by atoms with van der Waals surface area (Å²) in [5.41, 5.74) is 1.13. The first-order valence-electron chi connectivity index (χ1n) is 6.09. The van der Waals surface area contributed by atoms with Crippen LogP contribution in [-0.4, -0.2) is 31.0 Å². The van der Waals surface area contributed by atoms with E-state index in [9.17, 15) is 5.11 Å². The Morgan fingerprint density at radius 3 is 2.76 bits per heavy atom. The molecule has 0 amide bonds. The second kappa shape index (κ2) is 7.48. The first-order valence-corrected chi connectivity index (χ1v) is 6.09. The Kier molecular flexibility index (Phi) is 6.26. The van der Waals surface area contributed by atoms with E-state index in [4.69, 9.17) is 9.15 Å². The van der Waals surface area contributed by atoms with Gasteiger partial charge in [-0.05, 0) is 24.5 Å². The van der Waals surface area contributed by atoms with Crippen molar-refractivity contribution in [2.24, 2.45) is 5.92 Å². The van der Waals surface area contributed by atoms with Gasteiger partial charge in [0.2, 0.25) is 0 Å². The van der Waals surface area contributed by atoms with Crippen LogP contribution in [0.15, 0.2) is 16.7 Å². The molecule has 1 heterocycles. The number of ether oxygens (including phenoxy) is 1. The van der Waals surface area contributed by atoms with Crippen LogP contribution in [0.5, 0.6) is 0 Å². The van der Waals surface area contributed by atoms with Gasteiger partial charge in [0.1, 0.15) is 5.76 Å². The van der Waals surface area contributed by atoms with E-state index in [2.05, 4.69) is 19.2 Å². The maximum Gasteiger partial charge on any atom is 0.120 e. The van der Waals surface area contributed by atoms with E-state index >= 15 is 0 Å². The van der Waals surface area contributed by atoms with Gasteiger partial charge in [0.15, 0.2) is 0 Å². The van der Waals surface area contributed by atoms with Gasteiger partial charge in [-0.25, -0.2) is 0 Å². The van der Waals surface area contributed by atoms with Gasteiger partial charge in [-0.1, -0.05) is 13.8 Å². The van der Waals surface area contributed by atoms with Crippen LogP contribution in [0.1, 0.15) is 25.2 Å². The Hall–Kier alpha value is -0.840. The fraction of sp³-hybridized carbons (Fsp3) is 0.692. The van der Waals surface area contributed by atoms with E-state index in [1.807, 2.05) is 13.0 Å². The van der Waals surface area contributed by atoms with Crippen molar-refractivity contribution in [2.45, 2.75) is 33.4 Å². The molecule has 2 N–H and O–H groups in total. The fourth-order valence-electron chi connectivity index (χ4n) is 1.44. The van der Waals surface area contributed by atoms with Crippen molar-refractivity contribution in [3.05, 3.63) is 23.7 Å². The van der Waals surface area contributed by atoms with Crippen molar-refractivity contribution < 1.29 is 14.3 Å². The number of nitrogens with one attached hydrogen (secondary N) is 1. The molecule has 1 aromatic rings. The molecule has 1 rings (SSSR count).